The highest BCUT2D eigenvalue weighted by Gasteiger charge is 2.17. The van der Waals surface area contributed by atoms with Crippen LogP contribution in [0.2, 0.25) is 0 Å². The summed E-state index contributed by atoms with van der Waals surface area (Å²) < 4.78 is 5.31. The van der Waals surface area contributed by atoms with Gasteiger partial charge in [-0.15, -0.1) is 0 Å². The first-order chi connectivity index (χ1) is 9.24. The van der Waals surface area contributed by atoms with Gasteiger partial charge < -0.3 is 15.0 Å². The molecule has 0 fully saturated rings. The molecule has 0 spiro atoms. The van der Waals surface area contributed by atoms with E-state index in [0.29, 0.717) is 31.9 Å². The molecule has 5 heteroatoms. The molecule has 106 valence electrons. The van der Waals surface area contributed by atoms with Crippen molar-refractivity contribution in [2.75, 3.05) is 38.2 Å². The first kappa shape index (κ1) is 15.4. The highest BCUT2D eigenvalue weighted by atomic mass is 16.5. The minimum absolute atomic E-state index is 0.0144. The number of hydrogen-bond donors (Lipinski definition) is 1. The second-order valence-corrected chi connectivity index (χ2v) is 4.03. The monoisotopic (exact) mass is 265 g/mol. The van der Waals surface area contributed by atoms with Crippen molar-refractivity contribution in [1.29, 1.82) is 0 Å². The van der Waals surface area contributed by atoms with Crippen LogP contribution in [0.3, 0.4) is 0 Å². The Labute approximate surface area is 115 Å². The zero-order chi connectivity index (χ0) is 14.1. The first-order valence-electron chi connectivity index (χ1n) is 6.79. The van der Waals surface area contributed by atoms with Crippen molar-refractivity contribution in [2.24, 2.45) is 0 Å². The van der Waals surface area contributed by atoms with E-state index in [2.05, 4.69) is 10.3 Å². The number of pyridine rings is 1. The van der Waals surface area contributed by atoms with Crippen molar-refractivity contribution in [3.05, 3.63) is 24.0 Å². The summed E-state index contributed by atoms with van der Waals surface area (Å²) in [6.45, 7) is 9.19. The number of carbonyl (C=O) groups is 1. The van der Waals surface area contributed by atoms with Crippen molar-refractivity contribution < 1.29 is 9.53 Å². The van der Waals surface area contributed by atoms with Crippen LogP contribution in [0, 0.1) is 0 Å². The molecule has 1 aromatic heterocycles. The van der Waals surface area contributed by atoms with E-state index in [1.165, 1.54) is 0 Å². The standard InChI is InChI=1S/C14H23N3O2/c1-4-16-13-11-15-8-7-12(13)14(18)17(5-2)9-10-19-6-3/h7-8,11,16H,4-6,9-10H2,1-3H3. The summed E-state index contributed by atoms with van der Waals surface area (Å²) in [4.78, 5) is 18.3. The number of amides is 1. The number of anilines is 1. The fourth-order valence-corrected chi connectivity index (χ4v) is 1.80. The Morgan fingerprint density at radius 1 is 1.42 bits per heavy atom. The molecular formula is C14H23N3O2. The van der Waals surface area contributed by atoms with Gasteiger partial charge in [0.1, 0.15) is 0 Å². The van der Waals surface area contributed by atoms with E-state index in [-0.39, 0.29) is 5.91 Å². The second kappa shape index (κ2) is 8.48. The largest absolute Gasteiger partial charge is 0.383 e. The van der Waals surface area contributed by atoms with Gasteiger partial charge in [0.25, 0.3) is 5.91 Å². The second-order valence-electron chi connectivity index (χ2n) is 4.03. The van der Waals surface area contributed by atoms with E-state index >= 15 is 0 Å². The van der Waals surface area contributed by atoms with Gasteiger partial charge >= 0.3 is 0 Å². The number of hydrogen-bond acceptors (Lipinski definition) is 4. The van der Waals surface area contributed by atoms with Gasteiger partial charge in [-0.2, -0.15) is 0 Å². The lowest BCUT2D eigenvalue weighted by Crippen LogP contribution is -2.34. The summed E-state index contributed by atoms with van der Waals surface area (Å²) in [6.07, 6.45) is 3.33. The topological polar surface area (TPSA) is 54.5 Å². The number of likely N-dealkylation sites (N-methyl/N-ethyl adjacent to an activating group) is 1. The molecule has 0 bridgehead atoms. The summed E-state index contributed by atoms with van der Waals surface area (Å²) in [5.74, 6) is 0.0144. The Kier molecular flexibility index (Phi) is 6.89. The van der Waals surface area contributed by atoms with Gasteiger partial charge in [-0.1, -0.05) is 0 Å². The molecule has 0 aliphatic rings. The third kappa shape index (κ3) is 4.52. The smallest absolute Gasteiger partial charge is 0.256 e. The molecule has 1 N–H and O–H groups in total. The number of nitrogens with zero attached hydrogens (tertiary/aromatic N) is 2. The lowest BCUT2D eigenvalue weighted by Gasteiger charge is -2.22. The van der Waals surface area contributed by atoms with Crippen molar-refractivity contribution in [3.63, 3.8) is 0 Å². The van der Waals surface area contributed by atoms with Crippen molar-refractivity contribution in [1.82, 2.24) is 9.88 Å². The maximum atomic E-state index is 12.5. The van der Waals surface area contributed by atoms with E-state index in [4.69, 9.17) is 4.74 Å². The normalized spacial score (nSPS) is 10.3. The van der Waals surface area contributed by atoms with E-state index in [1.807, 2.05) is 20.8 Å². The van der Waals surface area contributed by atoms with E-state index in [0.717, 1.165) is 12.2 Å². The van der Waals surface area contributed by atoms with Crippen LogP contribution >= 0.6 is 0 Å². The molecule has 0 unspecified atom stereocenters. The highest BCUT2D eigenvalue weighted by Crippen LogP contribution is 2.15. The molecule has 1 rings (SSSR count). The summed E-state index contributed by atoms with van der Waals surface area (Å²) >= 11 is 0. The summed E-state index contributed by atoms with van der Waals surface area (Å²) in [6, 6.07) is 1.75. The lowest BCUT2D eigenvalue weighted by atomic mass is 10.2. The van der Waals surface area contributed by atoms with Gasteiger partial charge in [0, 0.05) is 32.4 Å². The molecule has 0 saturated carbocycles. The van der Waals surface area contributed by atoms with Crippen LogP contribution in [0.15, 0.2) is 18.5 Å². The van der Waals surface area contributed by atoms with Gasteiger partial charge in [-0.25, -0.2) is 0 Å². The zero-order valence-electron chi connectivity index (χ0n) is 12.0. The molecule has 0 aliphatic carbocycles. The van der Waals surface area contributed by atoms with Crippen LogP contribution in [-0.2, 0) is 4.74 Å². The molecule has 0 aliphatic heterocycles. The average Bonchev–Trinajstić information content (AvgIpc) is 2.44. The van der Waals surface area contributed by atoms with Crippen molar-refractivity contribution in [2.45, 2.75) is 20.8 Å². The van der Waals surface area contributed by atoms with Crippen LogP contribution in [-0.4, -0.2) is 48.6 Å². The zero-order valence-corrected chi connectivity index (χ0v) is 12.0. The Balaban J connectivity index is 2.78. The van der Waals surface area contributed by atoms with Crippen molar-refractivity contribution >= 4 is 11.6 Å². The Hall–Kier alpha value is -1.62. The summed E-state index contributed by atoms with van der Waals surface area (Å²) in [5.41, 5.74) is 1.44. The molecule has 0 saturated heterocycles. The molecule has 1 amide bonds. The van der Waals surface area contributed by atoms with Gasteiger partial charge in [-0.3, -0.25) is 9.78 Å². The Bertz CT molecular complexity index is 396. The van der Waals surface area contributed by atoms with Crippen LogP contribution in [0.25, 0.3) is 0 Å². The molecule has 5 nitrogen and oxygen atoms in total. The maximum Gasteiger partial charge on any atom is 0.256 e. The third-order valence-electron chi connectivity index (χ3n) is 2.80. The third-order valence-corrected chi connectivity index (χ3v) is 2.80. The average molecular weight is 265 g/mol. The predicted molar refractivity (Wildman–Crippen MR) is 76.5 cm³/mol. The molecule has 19 heavy (non-hydrogen) atoms. The van der Waals surface area contributed by atoms with Crippen LogP contribution in [0.4, 0.5) is 5.69 Å². The number of aromatic nitrogens is 1. The Morgan fingerprint density at radius 3 is 2.84 bits per heavy atom. The maximum absolute atomic E-state index is 12.5. The molecule has 1 heterocycles. The quantitative estimate of drug-likeness (QED) is 0.731. The Morgan fingerprint density at radius 2 is 2.21 bits per heavy atom. The molecule has 1 aromatic rings. The van der Waals surface area contributed by atoms with Crippen molar-refractivity contribution in [3.8, 4) is 0 Å². The molecule has 0 atom stereocenters. The number of carbonyl (C=O) groups excluding carboxylic acids is 1. The van der Waals surface area contributed by atoms with Gasteiger partial charge in [-0.05, 0) is 26.8 Å². The van der Waals surface area contributed by atoms with Gasteiger partial charge in [0.15, 0.2) is 0 Å². The number of ether oxygens (including phenoxy) is 1. The SMILES string of the molecule is CCNc1cnccc1C(=O)N(CC)CCOCC. The van der Waals surface area contributed by atoms with Crippen LogP contribution < -0.4 is 5.32 Å². The van der Waals surface area contributed by atoms with Gasteiger partial charge in [0.2, 0.25) is 0 Å². The number of rotatable bonds is 8. The molecular weight excluding hydrogens is 242 g/mol. The lowest BCUT2D eigenvalue weighted by molar-refractivity contribution is 0.0670. The number of nitrogens with one attached hydrogen (secondary N) is 1. The van der Waals surface area contributed by atoms with Crippen LogP contribution in [0.1, 0.15) is 31.1 Å². The van der Waals surface area contributed by atoms with Crippen LogP contribution in [0.5, 0.6) is 0 Å². The minimum Gasteiger partial charge on any atom is -0.383 e. The van der Waals surface area contributed by atoms with Gasteiger partial charge in [0.05, 0.1) is 24.1 Å². The predicted octanol–water partition coefficient (Wildman–Crippen LogP) is 2.01. The van der Waals surface area contributed by atoms with E-state index in [1.54, 1.807) is 23.4 Å². The fourth-order valence-electron chi connectivity index (χ4n) is 1.80. The minimum atomic E-state index is 0.0144. The van der Waals surface area contributed by atoms with E-state index < -0.39 is 0 Å². The highest BCUT2D eigenvalue weighted by molar-refractivity contribution is 5.99. The first-order valence-corrected chi connectivity index (χ1v) is 6.79. The summed E-state index contributed by atoms with van der Waals surface area (Å²) in [7, 11) is 0. The molecule has 0 aromatic carbocycles. The fraction of sp³-hybridized carbons (Fsp3) is 0.571. The summed E-state index contributed by atoms with van der Waals surface area (Å²) in [5, 5.41) is 3.16. The van der Waals surface area contributed by atoms with E-state index in [9.17, 15) is 4.79 Å². The molecule has 0 radical (unpaired) electrons.